The first kappa shape index (κ1) is 11.5. The maximum Gasteiger partial charge on any atom is 0.218 e. The highest BCUT2D eigenvalue weighted by atomic mass is 16.5. The molecular formula is C10H13N5O2. The standard InChI is InChI=1S/C10H13N5O2/c1-7(5-16)8-3-4-9(12-10(8)17-2)15-6-11-13-14-15/h3-4,6-7,16H,5H2,1-2H3/t7-/m1/s1. The largest absolute Gasteiger partial charge is 0.481 e. The van der Waals surface area contributed by atoms with Crippen LogP contribution in [-0.2, 0) is 0 Å². The Morgan fingerprint density at radius 3 is 2.88 bits per heavy atom. The maximum atomic E-state index is 9.14. The maximum absolute atomic E-state index is 9.14. The van der Waals surface area contributed by atoms with Crippen LogP contribution in [0.3, 0.4) is 0 Å². The average Bonchev–Trinajstić information content (AvgIpc) is 2.91. The van der Waals surface area contributed by atoms with E-state index < -0.39 is 0 Å². The Balaban J connectivity index is 2.41. The van der Waals surface area contributed by atoms with E-state index in [4.69, 9.17) is 9.84 Å². The van der Waals surface area contributed by atoms with Crippen molar-refractivity contribution in [1.82, 2.24) is 25.2 Å². The molecular weight excluding hydrogens is 222 g/mol. The van der Waals surface area contributed by atoms with Crippen LogP contribution in [0.25, 0.3) is 5.82 Å². The molecule has 0 saturated heterocycles. The van der Waals surface area contributed by atoms with Gasteiger partial charge in [0, 0.05) is 18.1 Å². The molecule has 2 aromatic heterocycles. The first-order valence-electron chi connectivity index (χ1n) is 5.15. The zero-order valence-corrected chi connectivity index (χ0v) is 9.61. The number of aliphatic hydroxyl groups is 1. The van der Waals surface area contributed by atoms with Crippen LogP contribution in [0.15, 0.2) is 18.5 Å². The summed E-state index contributed by atoms with van der Waals surface area (Å²) in [5.74, 6) is 1.01. The van der Waals surface area contributed by atoms with Crippen LogP contribution in [0.1, 0.15) is 18.4 Å². The predicted molar refractivity (Wildman–Crippen MR) is 59.0 cm³/mol. The van der Waals surface area contributed by atoms with Crippen molar-refractivity contribution in [1.29, 1.82) is 0 Å². The molecule has 0 radical (unpaired) electrons. The van der Waals surface area contributed by atoms with Gasteiger partial charge in [-0.3, -0.25) is 0 Å². The molecule has 7 heteroatoms. The van der Waals surface area contributed by atoms with Gasteiger partial charge >= 0.3 is 0 Å². The van der Waals surface area contributed by atoms with Gasteiger partial charge in [0.25, 0.3) is 0 Å². The van der Waals surface area contributed by atoms with Crippen molar-refractivity contribution in [2.24, 2.45) is 0 Å². The summed E-state index contributed by atoms with van der Waals surface area (Å²) >= 11 is 0. The lowest BCUT2D eigenvalue weighted by Crippen LogP contribution is -2.06. The van der Waals surface area contributed by atoms with Crippen LogP contribution in [0.2, 0.25) is 0 Å². The number of pyridine rings is 1. The minimum Gasteiger partial charge on any atom is -0.481 e. The lowest BCUT2D eigenvalue weighted by atomic mass is 10.0. The smallest absolute Gasteiger partial charge is 0.218 e. The number of hydrogen-bond acceptors (Lipinski definition) is 6. The molecule has 0 unspecified atom stereocenters. The first-order valence-corrected chi connectivity index (χ1v) is 5.15. The molecule has 0 aliphatic carbocycles. The summed E-state index contributed by atoms with van der Waals surface area (Å²) in [7, 11) is 1.54. The highest BCUT2D eigenvalue weighted by Crippen LogP contribution is 2.25. The van der Waals surface area contributed by atoms with Crippen molar-refractivity contribution < 1.29 is 9.84 Å². The van der Waals surface area contributed by atoms with Gasteiger partial charge in [0.2, 0.25) is 5.88 Å². The summed E-state index contributed by atoms with van der Waals surface area (Å²) in [4.78, 5) is 4.29. The van der Waals surface area contributed by atoms with E-state index in [1.165, 1.54) is 11.0 Å². The molecule has 7 nitrogen and oxygen atoms in total. The van der Waals surface area contributed by atoms with E-state index in [1.54, 1.807) is 13.2 Å². The van der Waals surface area contributed by atoms with Crippen molar-refractivity contribution in [3.63, 3.8) is 0 Å². The molecule has 17 heavy (non-hydrogen) atoms. The third-order valence-electron chi connectivity index (χ3n) is 2.46. The van der Waals surface area contributed by atoms with E-state index in [0.717, 1.165) is 5.56 Å². The molecule has 0 fully saturated rings. The zero-order valence-electron chi connectivity index (χ0n) is 9.61. The molecule has 0 aliphatic rings. The third-order valence-corrected chi connectivity index (χ3v) is 2.46. The molecule has 1 N–H and O–H groups in total. The Labute approximate surface area is 98.1 Å². The van der Waals surface area contributed by atoms with Gasteiger partial charge in [0.05, 0.1) is 7.11 Å². The van der Waals surface area contributed by atoms with E-state index in [-0.39, 0.29) is 12.5 Å². The van der Waals surface area contributed by atoms with Crippen molar-refractivity contribution in [3.05, 3.63) is 24.0 Å². The van der Waals surface area contributed by atoms with Gasteiger partial charge in [-0.2, -0.15) is 9.67 Å². The quantitative estimate of drug-likeness (QED) is 0.812. The zero-order chi connectivity index (χ0) is 12.3. The Hall–Kier alpha value is -2.02. The van der Waals surface area contributed by atoms with Crippen molar-refractivity contribution in [2.75, 3.05) is 13.7 Å². The second kappa shape index (κ2) is 4.88. The molecule has 2 aromatic rings. The van der Waals surface area contributed by atoms with Gasteiger partial charge in [0.15, 0.2) is 5.82 Å². The van der Waals surface area contributed by atoms with Gasteiger partial charge in [-0.25, -0.2) is 0 Å². The number of nitrogens with zero attached hydrogens (tertiary/aromatic N) is 5. The summed E-state index contributed by atoms with van der Waals surface area (Å²) in [6.45, 7) is 1.94. The lowest BCUT2D eigenvalue weighted by Gasteiger charge is -2.13. The van der Waals surface area contributed by atoms with Gasteiger partial charge in [-0.1, -0.05) is 6.92 Å². The van der Waals surface area contributed by atoms with E-state index in [2.05, 4.69) is 20.5 Å². The second-order valence-corrected chi connectivity index (χ2v) is 3.61. The number of tetrazole rings is 1. The summed E-state index contributed by atoms with van der Waals surface area (Å²) in [5.41, 5.74) is 0.854. The number of rotatable bonds is 4. The number of methoxy groups -OCH3 is 1. The van der Waals surface area contributed by atoms with Gasteiger partial charge < -0.3 is 9.84 Å². The number of ether oxygens (including phenoxy) is 1. The Kier molecular flexibility index (Phi) is 3.29. The fourth-order valence-electron chi connectivity index (χ4n) is 1.47. The van der Waals surface area contributed by atoms with Gasteiger partial charge in [0.1, 0.15) is 6.33 Å². The molecule has 2 heterocycles. The summed E-state index contributed by atoms with van der Waals surface area (Å²) in [6, 6.07) is 3.63. The molecule has 0 aliphatic heterocycles. The monoisotopic (exact) mass is 235 g/mol. The number of aliphatic hydroxyl groups excluding tert-OH is 1. The van der Waals surface area contributed by atoms with Crippen LogP contribution in [0.4, 0.5) is 0 Å². The lowest BCUT2D eigenvalue weighted by molar-refractivity contribution is 0.268. The Morgan fingerprint density at radius 1 is 1.47 bits per heavy atom. The molecule has 1 atom stereocenters. The topological polar surface area (TPSA) is 86.0 Å². The van der Waals surface area contributed by atoms with E-state index in [9.17, 15) is 0 Å². The van der Waals surface area contributed by atoms with Crippen LogP contribution < -0.4 is 4.74 Å². The highest BCUT2D eigenvalue weighted by Gasteiger charge is 2.13. The average molecular weight is 235 g/mol. The van der Waals surface area contributed by atoms with E-state index in [1.807, 2.05) is 13.0 Å². The van der Waals surface area contributed by atoms with Crippen molar-refractivity contribution in [3.8, 4) is 11.7 Å². The summed E-state index contributed by atoms with van der Waals surface area (Å²) in [5, 5.41) is 20.0. The summed E-state index contributed by atoms with van der Waals surface area (Å²) in [6.07, 6.45) is 1.46. The minimum absolute atomic E-state index is 0.0274. The molecule has 0 amide bonds. The number of hydrogen-bond donors (Lipinski definition) is 1. The van der Waals surface area contributed by atoms with E-state index >= 15 is 0 Å². The van der Waals surface area contributed by atoms with Crippen molar-refractivity contribution in [2.45, 2.75) is 12.8 Å². The Morgan fingerprint density at radius 2 is 2.29 bits per heavy atom. The van der Waals surface area contributed by atoms with E-state index in [0.29, 0.717) is 11.7 Å². The van der Waals surface area contributed by atoms with Crippen LogP contribution >= 0.6 is 0 Å². The molecule has 90 valence electrons. The Bertz CT molecular complexity index is 485. The van der Waals surface area contributed by atoms with Crippen LogP contribution in [0, 0.1) is 0 Å². The van der Waals surface area contributed by atoms with Gasteiger partial charge in [-0.05, 0) is 22.6 Å². The molecule has 2 rings (SSSR count). The SMILES string of the molecule is COc1nc(-n2cnnn2)ccc1[C@H](C)CO. The third kappa shape index (κ3) is 2.23. The number of aromatic nitrogens is 5. The minimum atomic E-state index is -0.0274. The fraction of sp³-hybridized carbons (Fsp3) is 0.400. The molecule has 0 spiro atoms. The van der Waals surface area contributed by atoms with Gasteiger partial charge in [-0.15, -0.1) is 5.10 Å². The van der Waals surface area contributed by atoms with Crippen LogP contribution in [0.5, 0.6) is 5.88 Å². The molecule has 0 aromatic carbocycles. The predicted octanol–water partition coefficient (Wildman–Crippen LogP) is 0.162. The van der Waals surface area contributed by atoms with Crippen molar-refractivity contribution >= 4 is 0 Å². The second-order valence-electron chi connectivity index (χ2n) is 3.61. The summed E-state index contributed by atoms with van der Waals surface area (Å²) < 4.78 is 6.64. The normalized spacial score (nSPS) is 12.4. The highest BCUT2D eigenvalue weighted by molar-refractivity contribution is 5.36. The fourth-order valence-corrected chi connectivity index (χ4v) is 1.47. The van der Waals surface area contributed by atoms with Crippen LogP contribution in [-0.4, -0.2) is 44.0 Å². The molecule has 0 saturated carbocycles. The molecule has 0 bridgehead atoms. The first-order chi connectivity index (χ1) is 8.26.